The molecule has 5 fully saturated rings. The number of morpholine rings is 1. The van der Waals surface area contributed by atoms with Crippen molar-refractivity contribution in [1.29, 1.82) is 0 Å². The standard InChI is InChI=1S/C25H42N2O3/c1-24-9-7-18(28)15-17(24)3-4-19-20-5-6-22(25(20,2)10-8-21(19)24)26-23(29)16-27-11-13-30-14-12-27/h17-22,28H,3-16H2,1-2H3,(H,26,29)/t17-,18+,19+,20-,21+,22-,24-,25-/m0/s1. The number of ether oxygens (including phenoxy) is 1. The summed E-state index contributed by atoms with van der Waals surface area (Å²) in [5.74, 6) is 3.33. The molecular weight excluding hydrogens is 376 g/mol. The van der Waals surface area contributed by atoms with E-state index in [1.807, 2.05) is 0 Å². The number of fused-ring (bicyclic) bond motifs is 5. The predicted molar refractivity (Wildman–Crippen MR) is 117 cm³/mol. The monoisotopic (exact) mass is 418 g/mol. The Morgan fingerprint density at radius 3 is 2.53 bits per heavy atom. The fraction of sp³-hybridized carbons (Fsp3) is 0.960. The zero-order chi connectivity index (χ0) is 20.9. The van der Waals surface area contributed by atoms with Gasteiger partial charge in [-0.15, -0.1) is 0 Å². The lowest BCUT2D eigenvalue weighted by Gasteiger charge is -2.61. The van der Waals surface area contributed by atoms with Gasteiger partial charge in [-0.1, -0.05) is 13.8 Å². The first-order chi connectivity index (χ1) is 14.4. The number of aliphatic hydroxyl groups excluding tert-OH is 1. The van der Waals surface area contributed by atoms with Crippen LogP contribution in [0.3, 0.4) is 0 Å². The minimum atomic E-state index is -0.0639. The van der Waals surface area contributed by atoms with Gasteiger partial charge in [0.25, 0.3) is 0 Å². The number of aliphatic hydroxyl groups is 1. The minimum absolute atomic E-state index is 0.0639. The van der Waals surface area contributed by atoms with Crippen LogP contribution in [-0.2, 0) is 9.53 Å². The number of nitrogens with one attached hydrogen (secondary N) is 1. The lowest BCUT2D eigenvalue weighted by Crippen LogP contribution is -2.56. The van der Waals surface area contributed by atoms with Crippen LogP contribution in [0.25, 0.3) is 0 Å². The van der Waals surface area contributed by atoms with E-state index in [9.17, 15) is 9.90 Å². The summed E-state index contributed by atoms with van der Waals surface area (Å²) in [4.78, 5) is 15.0. The topological polar surface area (TPSA) is 61.8 Å². The third kappa shape index (κ3) is 3.53. The van der Waals surface area contributed by atoms with Crippen LogP contribution in [-0.4, -0.2) is 60.9 Å². The summed E-state index contributed by atoms with van der Waals surface area (Å²) in [5, 5.41) is 13.7. The van der Waals surface area contributed by atoms with Gasteiger partial charge in [0.1, 0.15) is 0 Å². The number of hydrogen-bond donors (Lipinski definition) is 2. The molecule has 0 radical (unpaired) electrons. The van der Waals surface area contributed by atoms with E-state index in [2.05, 4.69) is 24.1 Å². The Hall–Kier alpha value is -0.650. The van der Waals surface area contributed by atoms with Crippen LogP contribution in [0.4, 0.5) is 0 Å². The molecule has 0 bridgehead atoms. The van der Waals surface area contributed by atoms with Gasteiger partial charge in [0.2, 0.25) is 5.91 Å². The van der Waals surface area contributed by atoms with Crippen molar-refractivity contribution in [2.24, 2.45) is 34.5 Å². The number of amides is 1. The maximum Gasteiger partial charge on any atom is 0.234 e. The van der Waals surface area contributed by atoms with Crippen molar-refractivity contribution in [2.45, 2.75) is 83.8 Å². The molecule has 4 saturated carbocycles. The lowest BCUT2D eigenvalue weighted by atomic mass is 9.45. The second-order valence-corrected chi connectivity index (χ2v) is 11.7. The van der Waals surface area contributed by atoms with E-state index in [1.165, 1.54) is 38.5 Å². The first kappa shape index (κ1) is 21.2. The Morgan fingerprint density at radius 1 is 1.00 bits per heavy atom. The second-order valence-electron chi connectivity index (χ2n) is 11.7. The molecule has 5 nitrogen and oxygen atoms in total. The van der Waals surface area contributed by atoms with Gasteiger partial charge in [-0.2, -0.15) is 0 Å². The summed E-state index contributed by atoms with van der Waals surface area (Å²) in [6.45, 7) is 8.80. The zero-order valence-corrected chi connectivity index (χ0v) is 19.1. The maximum absolute atomic E-state index is 12.8. The second kappa shape index (κ2) is 8.04. The van der Waals surface area contributed by atoms with Crippen LogP contribution in [0.2, 0.25) is 0 Å². The van der Waals surface area contributed by atoms with E-state index >= 15 is 0 Å². The van der Waals surface area contributed by atoms with Crippen LogP contribution in [0.15, 0.2) is 0 Å². The summed E-state index contributed by atoms with van der Waals surface area (Å²) >= 11 is 0. The highest BCUT2D eigenvalue weighted by Crippen LogP contribution is 2.66. The van der Waals surface area contributed by atoms with Gasteiger partial charge >= 0.3 is 0 Å². The van der Waals surface area contributed by atoms with Gasteiger partial charge in [0.15, 0.2) is 0 Å². The summed E-state index contributed by atoms with van der Waals surface area (Å²) in [6.07, 6.45) is 10.8. The van der Waals surface area contributed by atoms with E-state index in [0.717, 1.165) is 69.2 Å². The number of nitrogens with zero attached hydrogens (tertiary/aromatic N) is 1. The summed E-state index contributed by atoms with van der Waals surface area (Å²) in [7, 11) is 0. The Kier molecular flexibility index (Phi) is 5.69. The molecule has 30 heavy (non-hydrogen) atoms. The van der Waals surface area contributed by atoms with Crippen LogP contribution in [0.5, 0.6) is 0 Å². The molecule has 1 amide bonds. The molecule has 8 atom stereocenters. The van der Waals surface area contributed by atoms with E-state index in [0.29, 0.717) is 18.0 Å². The molecule has 0 aromatic carbocycles. The third-order valence-corrected chi connectivity index (χ3v) is 10.4. The van der Waals surface area contributed by atoms with Crippen molar-refractivity contribution in [3.8, 4) is 0 Å². The molecule has 170 valence electrons. The molecule has 5 aliphatic rings. The molecule has 2 N–H and O–H groups in total. The molecule has 1 heterocycles. The summed E-state index contributed by atoms with van der Waals surface area (Å²) in [6, 6.07) is 0.343. The first-order valence-corrected chi connectivity index (χ1v) is 12.7. The Labute approximate surface area is 182 Å². The Balaban J connectivity index is 1.25. The molecule has 5 rings (SSSR count). The van der Waals surface area contributed by atoms with Gasteiger partial charge in [-0.25, -0.2) is 0 Å². The van der Waals surface area contributed by atoms with Gasteiger partial charge in [0.05, 0.1) is 25.9 Å². The highest BCUT2D eigenvalue weighted by atomic mass is 16.5. The van der Waals surface area contributed by atoms with Crippen molar-refractivity contribution in [3.05, 3.63) is 0 Å². The van der Waals surface area contributed by atoms with Crippen molar-refractivity contribution in [2.75, 3.05) is 32.8 Å². The van der Waals surface area contributed by atoms with Crippen molar-refractivity contribution in [1.82, 2.24) is 10.2 Å². The molecule has 1 saturated heterocycles. The van der Waals surface area contributed by atoms with E-state index in [4.69, 9.17) is 4.74 Å². The minimum Gasteiger partial charge on any atom is -0.393 e. The average Bonchev–Trinajstić information content (AvgIpc) is 3.05. The first-order valence-electron chi connectivity index (χ1n) is 12.7. The van der Waals surface area contributed by atoms with Crippen molar-refractivity contribution in [3.63, 3.8) is 0 Å². The molecule has 4 aliphatic carbocycles. The normalized spacial score (nSPS) is 49.0. The van der Waals surface area contributed by atoms with Gasteiger partial charge < -0.3 is 15.2 Å². The molecule has 0 aromatic heterocycles. The predicted octanol–water partition coefficient (Wildman–Crippen LogP) is 3.21. The highest BCUT2D eigenvalue weighted by Gasteiger charge is 2.60. The van der Waals surface area contributed by atoms with Crippen LogP contribution in [0, 0.1) is 34.5 Å². The highest BCUT2D eigenvalue weighted by molar-refractivity contribution is 5.78. The molecular formula is C25H42N2O3. The van der Waals surface area contributed by atoms with Gasteiger partial charge in [-0.05, 0) is 92.3 Å². The average molecular weight is 419 g/mol. The number of carbonyl (C=O) groups excluding carboxylic acids is 1. The number of carbonyl (C=O) groups is 1. The largest absolute Gasteiger partial charge is 0.393 e. The van der Waals surface area contributed by atoms with Crippen molar-refractivity contribution < 1.29 is 14.6 Å². The zero-order valence-electron chi connectivity index (χ0n) is 19.1. The Morgan fingerprint density at radius 2 is 1.73 bits per heavy atom. The SMILES string of the molecule is C[C@]12CC[C@@H](O)C[C@@H]1CC[C@H]1[C@H]2CC[C@]2(C)[C@@H](NC(=O)CN3CCOCC3)CC[C@@H]12. The Bertz CT molecular complexity index is 650. The maximum atomic E-state index is 12.8. The van der Waals surface area contributed by atoms with E-state index in [-0.39, 0.29) is 17.4 Å². The van der Waals surface area contributed by atoms with Gasteiger partial charge in [0, 0.05) is 19.1 Å². The van der Waals surface area contributed by atoms with E-state index in [1.54, 1.807) is 0 Å². The number of hydrogen-bond acceptors (Lipinski definition) is 4. The fourth-order valence-corrected chi connectivity index (χ4v) is 8.67. The van der Waals surface area contributed by atoms with Gasteiger partial charge in [-0.3, -0.25) is 9.69 Å². The van der Waals surface area contributed by atoms with Crippen molar-refractivity contribution >= 4 is 5.91 Å². The van der Waals surface area contributed by atoms with E-state index < -0.39 is 0 Å². The fourth-order valence-electron chi connectivity index (χ4n) is 8.67. The lowest BCUT2D eigenvalue weighted by molar-refractivity contribution is -0.131. The van der Waals surface area contributed by atoms with Crippen LogP contribution >= 0.6 is 0 Å². The number of rotatable bonds is 3. The van der Waals surface area contributed by atoms with Crippen LogP contribution < -0.4 is 5.32 Å². The smallest absolute Gasteiger partial charge is 0.234 e. The molecule has 0 aromatic rings. The molecule has 1 aliphatic heterocycles. The molecule has 0 unspecified atom stereocenters. The summed E-state index contributed by atoms with van der Waals surface area (Å²) in [5.41, 5.74) is 0.695. The molecule has 0 spiro atoms. The quantitative estimate of drug-likeness (QED) is 0.739. The third-order valence-electron chi connectivity index (χ3n) is 10.4. The molecule has 5 heteroatoms. The summed E-state index contributed by atoms with van der Waals surface area (Å²) < 4.78 is 5.42. The van der Waals surface area contributed by atoms with Crippen LogP contribution in [0.1, 0.15) is 71.6 Å².